The fourth-order valence-corrected chi connectivity index (χ4v) is 1.59. The Balaban J connectivity index is 2.78. The van der Waals surface area contributed by atoms with E-state index >= 15 is 0 Å². The van der Waals surface area contributed by atoms with Crippen molar-refractivity contribution in [2.24, 2.45) is 0 Å². The number of carboxylic acids is 1. The summed E-state index contributed by atoms with van der Waals surface area (Å²) in [5.74, 6) is -1.26. The number of halogens is 1. The van der Waals surface area contributed by atoms with Crippen molar-refractivity contribution in [2.45, 2.75) is 12.5 Å². The van der Waals surface area contributed by atoms with Crippen LogP contribution >= 0.6 is 11.6 Å². The van der Waals surface area contributed by atoms with Crippen LogP contribution in [0.1, 0.15) is 12.0 Å². The van der Waals surface area contributed by atoms with E-state index in [0.29, 0.717) is 5.02 Å². The van der Waals surface area contributed by atoms with Gasteiger partial charge in [0, 0.05) is 18.1 Å². The van der Waals surface area contributed by atoms with Crippen LogP contribution in [0, 0.1) is 11.3 Å². The number of aliphatic carboxylic acids is 1. The third-order valence-corrected chi connectivity index (χ3v) is 2.61. The highest BCUT2D eigenvalue weighted by molar-refractivity contribution is 6.31. The van der Waals surface area contributed by atoms with Crippen molar-refractivity contribution in [1.82, 2.24) is 5.32 Å². The van der Waals surface area contributed by atoms with Gasteiger partial charge in [-0.15, -0.1) is 0 Å². The van der Waals surface area contributed by atoms with Gasteiger partial charge in [-0.3, -0.25) is 0 Å². The number of aliphatic hydroxyl groups is 1. The molecule has 0 aromatic heterocycles. The van der Waals surface area contributed by atoms with Crippen molar-refractivity contribution in [3.05, 3.63) is 28.8 Å². The topological polar surface area (TPSA) is 122 Å². The maximum Gasteiger partial charge on any atom is 0.326 e. The summed E-state index contributed by atoms with van der Waals surface area (Å²) in [6.07, 6.45) is -0.122. The van der Waals surface area contributed by atoms with E-state index in [4.69, 9.17) is 27.1 Å². The number of carbonyl (C=O) groups is 2. The molecule has 0 saturated carbocycles. The zero-order valence-electron chi connectivity index (χ0n) is 10.3. The molecule has 0 aliphatic heterocycles. The molecule has 1 atom stereocenters. The summed E-state index contributed by atoms with van der Waals surface area (Å²) in [6.45, 7) is -0.377. The van der Waals surface area contributed by atoms with Crippen molar-refractivity contribution in [1.29, 1.82) is 5.26 Å². The van der Waals surface area contributed by atoms with Crippen LogP contribution in [0.5, 0.6) is 0 Å². The molecule has 20 heavy (non-hydrogen) atoms. The molecule has 0 unspecified atom stereocenters. The molecule has 7 nitrogen and oxygen atoms in total. The fourth-order valence-electron chi connectivity index (χ4n) is 1.42. The van der Waals surface area contributed by atoms with Crippen LogP contribution < -0.4 is 10.6 Å². The van der Waals surface area contributed by atoms with Gasteiger partial charge in [0.2, 0.25) is 0 Å². The lowest BCUT2D eigenvalue weighted by molar-refractivity contribution is -0.139. The second-order valence-electron chi connectivity index (χ2n) is 3.80. The van der Waals surface area contributed by atoms with Crippen LogP contribution in [-0.2, 0) is 4.79 Å². The molecule has 1 aromatic carbocycles. The Labute approximate surface area is 119 Å². The summed E-state index contributed by atoms with van der Waals surface area (Å²) < 4.78 is 0. The molecule has 4 N–H and O–H groups in total. The van der Waals surface area contributed by atoms with E-state index in [9.17, 15) is 9.59 Å². The largest absolute Gasteiger partial charge is 0.480 e. The summed E-state index contributed by atoms with van der Waals surface area (Å²) in [4.78, 5) is 22.5. The monoisotopic (exact) mass is 297 g/mol. The maximum absolute atomic E-state index is 11.7. The SMILES string of the molecule is N#Cc1ccc(Cl)cc1NC(=O)N[C@H](CCO)C(=O)O. The van der Waals surface area contributed by atoms with Gasteiger partial charge in [-0.1, -0.05) is 11.6 Å². The van der Waals surface area contributed by atoms with E-state index in [1.165, 1.54) is 18.2 Å². The third-order valence-electron chi connectivity index (χ3n) is 2.37. The molecule has 0 aliphatic rings. The van der Waals surface area contributed by atoms with Crippen molar-refractivity contribution < 1.29 is 19.8 Å². The average Bonchev–Trinajstić information content (AvgIpc) is 2.38. The lowest BCUT2D eigenvalue weighted by Gasteiger charge is -2.14. The Bertz CT molecular complexity index is 556. The highest BCUT2D eigenvalue weighted by Crippen LogP contribution is 2.20. The quantitative estimate of drug-likeness (QED) is 0.649. The Hall–Kier alpha value is -2.30. The van der Waals surface area contributed by atoms with Crippen LogP contribution in [0.15, 0.2) is 18.2 Å². The number of nitrogens with one attached hydrogen (secondary N) is 2. The smallest absolute Gasteiger partial charge is 0.326 e. The number of rotatable bonds is 5. The molecule has 8 heteroatoms. The minimum absolute atomic E-state index is 0.122. The van der Waals surface area contributed by atoms with Crippen LogP contribution in [0.25, 0.3) is 0 Å². The molecule has 0 radical (unpaired) electrons. The van der Waals surface area contributed by atoms with Crippen molar-refractivity contribution in [3.8, 4) is 6.07 Å². The number of urea groups is 1. The fraction of sp³-hybridized carbons (Fsp3) is 0.250. The predicted molar refractivity (Wildman–Crippen MR) is 71.4 cm³/mol. The Morgan fingerprint density at radius 2 is 2.15 bits per heavy atom. The van der Waals surface area contributed by atoms with Gasteiger partial charge in [-0.2, -0.15) is 5.26 Å². The molecule has 0 spiro atoms. The van der Waals surface area contributed by atoms with Gasteiger partial charge in [-0.05, 0) is 18.2 Å². The zero-order chi connectivity index (χ0) is 15.1. The molecule has 106 valence electrons. The first-order valence-electron chi connectivity index (χ1n) is 5.58. The number of hydrogen-bond acceptors (Lipinski definition) is 4. The van der Waals surface area contributed by atoms with Crippen LogP contribution in [0.3, 0.4) is 0 Å². The Morgan fingerprint density at radius 1 is 1.45 bits per heavy atom. The van der Waals surface area contributed by atoms with Crippen LogP contribution in [-0.4, -0.2) is 34.9 Å². The highest BCUT2D eigenvalue weighted by Gasteiger charge is 2.19. The molecule has 0 saturated heterocycles. The van der Waals surface area contributed by atoms with E-state index in [1.54, 1.807) is 0 Å². The second kappa shape index (κ2) is 7.33. The van der Waals surface area contributed by atoms with Crippen LogP contribution in [0.2, 0.25) is 5.02 Å². The van der Waals surface area contributed by atoms with Gasteiger partial charge in [0.25, 0.3) is 0 Å². The molecular weight excluding hydrogens is 286 g/mol. The molecular formula is C12H12ClN3O4. The number of carbonyl (C=O) groups excluding carboxylic acids is 1. The van der Waals surface area contributed by atoms with Crippen molar-refractivity contribution >= 4 is 29.3 Å². The molecule has 2 amide bonds. The third kappa shape index (κ3) is 4.42. The molecule has 0 aliphatic carbocycles. The lowest BCUT2D eigenvalue weighted by atomic mass is 10.2. The first-order chi connectivity index (χ1) is 9.47. The number of amides is 2. The van der Waals surface area contributed by atoms with Gasteiger partial charge in [0.15, 0.2) is 0 Å². The van der Waals surface area contributed by atoms with Crippen molar-refractivity contribution in [3.63, 3.8) is 0 Å². The number of hydrogen-bond donors (Lipinski definition) is 4. The van der Waals surface area contributed by atoms with Gasteiger partial charge in [-0.25, -0.2) is 9.59 Å². The summed E-state index contributed by atoms with van der Waals surface area (Å²) in [7, 11) is 0. The number of aliphatic hydroxyl groups excluding tert-OH is 1. The van der Waals surface area contributed by atoms with Gasteiger partial charge >= 0.3 is 12.0 Å². The molecule has 1 rings (SSSR count). The zero-order valence-corrected chi connectivity index (χ0v) is 11.0. The number of nitriles is 1. The molecule has 0 bridgehead atoms. The van der Waals surface area contributed by atoms with E-state index in [0.717, 1.165) is 0 Å². The van der Waals surface area contributed by atoms with Gasteiger partial charge < -0.3 is 20.8 Å². The van der Waals surface area contributed by atoms with E-state index in [1.807, 2.05) is 6.07 Å². The molecule has 0 fully saturated rings. The minimum Gasteiger partial charge on any atom is -0.480 e. The number of anilines is 1. The second-order valence-corrected chi connectivity index (χ2v) is 4.24. The number of benzene rings is 1. The van der Waals surface area contributed by atoms with E-state index in [-0.39, 0.29) is 24.3 Å². The van der Waals surface area contributed by atoms with Gasteiger partial charge in [0.1, 0.15) is 12.1 Å². The number of nitrogens with zero attached hydrogens (tertiary/aromatic N) is 1. The molecule has 1 aromatic rings. The summed E-state index contributed by atoms with van der Waals surface area (Å²) in [5.41, 5.74) is 0.365. The molecule has 0 heterocycles. The highest BCUT2D eigenvalue weighted by atomic mass is 35.5. The standard InChI is InChI=1S/C12H12ClN3O4/c13-8-2-1-7(6-14)10(5-8)16-12(20)15-9(3-4-17)11(18)19/h1-2,5,9,17H,3-4H2,(H,18,19)(H2,15,16,20)/t9-/m1/s1. The van der Waals surface area contributed by atoms with E-state index < -0.39 is 18.0 Å². The summed E-state index contributed by atoms with van der Waals surface area (Å²) >= 11 is 5.75. The normalized spacial score (nSPS) is 11.2. The maximum atomic E-state index is 11.7. The van der Waals surface area contributed by atoms with Crippen LogP contribution in [0.4, 0.5) is 10.5 Å². The lowest BCUT2D eigenvalue weighted by Crippen LogP contribution is -2.43. The minimum atomic E-state index is -1.26. The first kappa shape index (κ1) is 15.8. The average molecular weight is 298 g/mol. The van der Waals surface area contributed by atoms with Gasteiger partial charge in [0.05, 0.1) is 11.3 Å². The predicted octanol–water partition coefficient (Wildman–Crippen LogP) is 1.17. The summed E-state index contributed by atoms with van der Waals surface area (Å²) in [5, 5.41) is 31.3. The Kier molecular flexibility index (Phi) is 5.77. The first-order valence-corrected chi connectivity index (χ1v) is 5.96. The summed E-state index contributed by atoms with van der Waals surface area (Å²) in [6, 6.07) is 4.16. The Morgan fingerprint density at radius 3 is 2.70 bits per heavy atom. The van der Waals surface area contributed by atoms with Crippen molar-refractivity contribution in [2.75, 3.05) is 11.9 Å². The number of carboxylic acid groups (broad SMARTS) is 1. The van der Waals surface area contributed by atoms with E-state index in [2.05, 4.69) is 10.6 Å².